The number of methoxy groups -OCH3 is 3. The van der Waals surface area contributed by atoms with Crippen LogP contribution in [0.5, 0.6) is 17.2 Å². The molecule has 0 fully saturated rings. The minimum Gasteiger partial charge on any atom is -0.493 e. The van der Waals surface area contributed by atoms with Crippen molar-refractivity contribution >= 4 is 50.9 Å². The molecule has 2 aromatic heterocycles. The second-order valence-corrected chi connectivity index (χ2v) is 11.9. The van der Waals surface area contributed by atoms with Crippen LogP contribution >= 0.6 is 22.7 Å². The molecule has 4 N–H and O–H groups in total. The van der Waals surface area contributed by atoms with E-state index in [1.165, 1.54) is 28.2 Å². The number of anilines is 4. The highest BCUT2D eigenvalue weighted by atomic mass is 32.1. The lowest BCUT2D eigenvalue weighted by Crippen LogP contribution is -2.12. The molecule has 0 bridgehead atoms. The van der Waals surface area contributed by atoms with Crippen LogP contribution < -0.4 is 30.6 Å². The standard InChI is InChI=1S/C32H33N5O4S2/c1-17(2)23-11-10-21(12-18(23)3)34-30(38)20-9-7-8-19(13-20)24-16-42-31(36-24)28-29(33)37-32(43-28)35-22-14-25(39-4)27(41-6)26(15-22)40-5/h7-17H,33H2,1-6H3,(H,34,38)(H,35,37). The Labute approximate surface area is 258 Å². The highest BCUT2D eigenvalue weighted by molar-refractivity contribution is 7.23. The number of ether oxygens (including phenoxy) is 3. The van der Waals surface area contributed by atoms with Crippen LogP contribution in [0, 0.1) is 6.92 Å². The predicted molar refractivity (Wildman–Crippen MR) is 176 cm³/mol. The normalized spacial score (nSPS) is 11.0. The number of benzene rings is 3. The number of amides is 1. The van der Waals surface area contributed by atoms with E-state index < -0.39 is 0 Å². The lowest BCUT2D eigenvalue weighted by atomic mass is 9.97. The van der Waals surface area contributed by atoms with Crippen molar-refractivity contribution in [3.63, 3.8) is 0 Å². The van der Waals surface area contributed by atoms with Crippen LogP contribution in [-0.4, -0.2) is 37.2 Å². The molecule has 0 aliphatic carbocycles. The number of aryl methyl sites for hydroxylation is 1. The van der Waals surface area contributed by atoms with Gasteiger partial charge >= 0.3 is 0 Å². The fourth-order valence-corrected chi connectivity index (χ4v) is 6.58. The summed E-state index contributed by atoms with van der Waals surface area (Å²) in [7, 11) is 4.69. The summed E-state index contributed by atoms with van der Waals surface area (Å²) >= 11 is 2.85. The average molecular weight is 616 g/mol. The highest BCUT2D eigenvalue weighted by Gasteiger charge is 2.18. The molecule has 0 aliphatic heterocycles. The number of carbonyl (C=O) groups excluding carboxylic acids is 1. The Morgan fingerprint density at radius 2 is 1.67 bits per heavy atom. The topological polar surface area (TPSA) is 121 Å². The van der Waals surface area contributed by atoms with Gasteiger partial charge in [0, 0.05) is 40.0 Å². The zero-order valence-corrected chi connectivity index (χ0v) is 26.4. The first-order valence-corrected chi connectivity index (χ1v) is 15.2. The van der Waals surface area contributed by atoms with Gasteiger partial charge < -0.3 is 30.6 Å². The molecule has 0 saturated heterocycles. The van der Waals surface area contributed by atoms with Gasteiger partial charge in [0.15, 0.2) is 16.6 Å². The van der Waals surface area contributed by atoms with E-state index in [2.05, 4.69) is 42.5 Å². The lowest BCUT2D eigenvalue weighted by Gasteiger charge is -2.14. The summed E-state index contributed by atoms with van der Waals surface area (Å²) in [4.78, 5) is 23.2. The van der Waals surface area contributed by atoms with E-state index in [0.717, 1.165) is 32.4 Å². The molecule has 0 saturated carbocycles. The largest absolute Gasteiger partial charge is 0.493 e. The van der Waals surface area contributed by atoms with E-state index in [-0.39, 0.29) is 5.91 Å². The maximum Gasteiger partial charge on any atom is 0.255 e. The lowest BCUT2D eigenvalue weighted by molar-refractivity contribution is 0.102. The van der Waals surface area contributed by atoms with Crippen molar-refractivity contribution in [3.8, 4) is 38.4 Å². The van der Waals surface area contributed by atoms with Crippen molar-refractivity contribution in [2.45, 2.75) is 26.7 Å². The fraction of sp³-hybridized carbons (Fsp3) is 0.219. The molecule has 0 spiro atoms. The van der Waals surface area contributed by atoms with E-state index in [0.29, 0.717) is 45.4 Å². The second-order valence-electron chi connectivity index (χ2n) is 10.1. The molecule has 0 atom stereocenters. The van der Waals surface area contributed by atoms with Gasteiger partial charge in [-0.1, -0.05) is 43.4 Å². The summed E-state index contributed by atoms with van der Waals surface area (Å²) in [5.41, 5.74) is 12.3. The third kappa shape index (κ3) is 6.42. The van der Waals surface area contributed by atoms with Gasteiger partial charge in [-0.25, -0.2) is 9.97 Å². The summed E-state index contributed by atoms with van der Waals surface area (Å²) in [6.07, 6.45) is 0. The Morgan fingerprint density at radius 3 is 2.33 bits per heavy atom. The van der Waals surface area contributed by atoms with Gasteiger partial charge in [0.1, 0.15) is 15.7 Å². The summed E-state index contributed by atoms with van der Waals surface area (Å²) in [6, 6.07) is 17.0. The Bertz CT molecular complexity index is 1750. The van der Waals surface area contributed by atoms with E-state index in [4.69, 9.17) is 24.9 Å². The van der Waals surface area contributed by atoms with Gasteiger partial charge in [-0.05, 0) is 48.2 Å². The second kappa shape index (κ2) is 12.7. The first kappa shape index (κ1) is 29.9. The number of thiazole rings is 2. The number of hydrogen-bond donors (Lipinski definition) is 3. The van der Waals surface area contributed by atoms with Crippen molar-refractivity contribution in [1.82, 2.24) is 9.97 Å². The summed E-state index contributed by atoms with van der Waals surface area (Å²) < 4.78 is 16.3. The number of nitrogens with one attached hydrogen (secondary N) is 2. The maximum atomic E-state index is 13.1. The van der Waals surface area contributed by atoms with Crippen LogP contribution in [0.4, 0.5) is 22.3 Å². The monoisotopic (exact) mass is 615 g/mol. The van der Waals surface area contributed by atoms with Crippen molar-refractivity contribution in [3.05, 3.63) is 76.7 Å². The van der Waals surface area contributed by atoms with E-state index >= 15 is 0 Å². The maximum absolute atomic E-state index is 13.1. The number of aromatic nitrogens is 2. The molecule has 222 valence electrons. The number of nitrogens with two attached hydrogens (primary N) is 1. The molecule has 0 unspecified atom stereocenters. The summed E-state index contributed by atoms with van der Waals surface area (Å²) in [6.45, 7) is 6.38. The van der Waals surface area contributed by atoms with Crippen molar-refractivity contribution in [2.75, 3.05) is 37.7 Å². The number of hydrogen-bond acceptors (Lipinski definition) is 10. The van der Waals surface area contributed by atoms with E-state index in [1.807, 2.05) is 35.7 Å². The minimum absolute atomic E-state index is 0.178. The zero-order chi connectivity index (χ0) is 30.7. The van der Waals surface area contributed by atoms with Gasteiger partial charge in [-0.15, -0.1) is 11.3 Å². The highest BCUT2D eigenvalue weighted by Crippen LogP contribution is 2.43. The fourth-order valence-electron chi connectivity index (χ4n) is 4.75. The molecular weight excluding hydrogens is 583 g/mol. The Kier molecular flexibility index (Phi) is 8.84. The number of nitrogens with zero attached hydrogens (tertiary/aromatic N) is 2. The summed E-state index contributed by atoms with van der Waals surface area (Å²) in [5, 5.41) is 9.56. The Morgan fingerprint density at radius 1 is 0.930 bits per heavy atom. The van der Waals surface area contributed by atoms with Crippen molar-refractivity contribution in [2.24, 2.45) is 0 Å². The third-order valence-corrected chi connectivity index (χ3v) is 8.82. The molecule has 5 aromatic rings. The SMILES string of the molecule is COc1cc(Nc2nc(N)c(-c3nc(-c4cccc(C(=O)Nc5ccc(C(C)C)c(C)c5)c4)cs3)s2)cc(OC)c1OC. The minimum atomic E-state index is -0.178. The van der Waals surface area contributed by atoms with Gasteiger partial charge in [-0.2, -0.15) is 0 Å². The molecule has 5 rings (SSSR count). The smallest absolute Gasteiger partial charge is 0.255 e. The molecule has 0 aliphatic rings. The van der Waals surface area contributed by atoms with E-state index in [9.17, 15) is 4.79 Å². The molecule has 3 aromatic carbocycles. The number of carbonyl (C=O) groups is 1. The van der Waals surface area contributed by atoms with Gasteiger partial charge in [0.05, 0.1) is 27.0 Å². The predicted octanol–water partition coefficient (Wildman–Crippen LogP) is 7.97. The van der Waals surface area contributed by atoms with Crippen LogP contribution in [0.25, 0.3) is 21.1 Å². The van der Waals surface area contributed by atoms with Gasteiger partial charge in [0.2, 0.25) is 5.75 Å². The molecule has 0 radical (unpaired) electrons. The summed E-state index contributed by atoms with van der Waals surface area (Å²) in [5.74, 6) is 2.16. The van der Waals surface area contributed by atoms with Crippen molar-refractivity contribution in [1.29, 1.82) is 0 Å². The van der Waals surface area contributed by atoms with Gasteiger partial charge in [-0.3, -0.25) is 4.79 Å². The number of nitrogen functional groups attached to an aromatic ring is 1. The van der Waals surface area contributed by atoms with E-state index in [1.54, 1.807) is 39.5 Å². The molecular formula is C32H33N5O4S2. The molecule has 1 amide bonds. The van der Waals surface area contributed by atoms with Crippen LogP contribution in [0.15, 0.2) is 60.0 Å². The Balaban J connectivity index is 1.34. The first-order chi connectivity index (χ1) is 20.7. The molecule has 11 heteroatoms. The van der Waals surface area contributed by atoms with Gasteiger partial charge in [0.25, 0.3) is 5.91 Å². The molecule has 9 nitrogen and oxygen atoms in total. The first-order valence-electron chi connectivity index (χ1n) is 13.5. The molecule has 2 heterocycles. The molecule has 43 heavy (non-hydrogen) atoms. The third-order valence-electron chi connectivity index (χ3n) is 6.84. The van der Waals surface area contributed by atoms with Crippen LogP contribution in [-0.2, 0) is 0 Å². The van der Waals surface area contributed by atoms with Crippen molar-refractivity contribution < 1.29 is 19.0 Å². The van der Waals surface area contributed by atoms with Crippen LogP contribution in [0.2, 0.25) is 0 Å². The van der Waals surface area contributed by atoms with Crippen LogP contribution in [0.1, 0.15) is 41.3 Å². The number of rotatable bonds is 10. The van der Waals surface area contributed by atoms with Crippen LogP contribution in [0.3, 0.4) is 0 Å². The quantitative estimate of drug-likeness (QED) is 0.145. The average Bonchev–Trinajstić information content (AvgIpc) is 3.63. The zero-order valence-electron chi connectivity index (χ0n) is 24.8. The Hall–Kier alpha value is -4.61.